The van der Waals surface area contributed by atoms with Crippen LogP contribution in [0.4, 0.5) is 0 Å². The molecule has 2 aromatic rings. The summed E-state index contributed by atoms with van der Waals surface area (Å²) < 4.78 is 0.888. The van der Waals surface area contributed by atoms with E-state index >= 15 is 0 Å². The van der Waals surface area contributed by atoms with Gasteiger partial charge in [0.25, 0.3) is 0 Å². The smallest absolute Gasteiger partial charge is 0.175 e. The minimum Gasteiger partial charge on any atom is -0.293 e. The molecular formula is C14H10BrClOS. The Morgan fingerprint density at radius 2 is 2.06 bits per heavy atom. The van der Waals surface area contributed by atoms with Gasteiger partial charge in [0.05, 0.1) is 9.90 Å². The van der Waals surface area contributed by atoms with Crippen LogP contribution in [0.2, 0.25) is 5.02 Å². The molecule has 18 heavy (non-hydrogen) atoms. The molecule has 0 bridgehead atoms. The maximum absolute atomic E-state index is 11.9. The van der Waals surface area contributed by atoms with Crippen LogP contribution in [0, 0.1) is 5.92 Å². The summed E-state index contributed by atoms with van der Waals surface area (Å²) >= 11 is 11.0. The number of hydrogen-bond donors (Lipinski definition) is 0. The van der Waals surface area contributed by atoms with Gasteiger partial charge >= 0.3 is 0 Å². The molecule has 1 aliphatic carbocycles. The van der Waals surface area contributed by atoms with E-state index in [9.17, 15) is 4.79 Å². The van der Waals surface area contributed by atoms with E-state index in [0.29, 0.717) is 10.8 Å². The lowest BCUT2D eigenvalue weighted by Gasteiger charge is -2.00. The first-order chi connectivity index (χ1) is 8.65. The Morgan fingerprint density at radius 3 is 2.72 bits per heavy atom. The number of carbonyl (C=O) groups excluding carboxylic acids is 1. The van der Waals surface area contributed by atoms with Crippen LogP contribution >= 0.6 is 38.9 Å². The average molecular weight is 342 g/mol. The molecule has 92 valence electrons. The normalized spacial score (nSPS) is 14.8. The first kappa shape index (κ1) is 12.4. The second-order valence-electron chi connectivity index (χ2n) is 4.43. The van der Waals surface area contributed by atoms with Crippen LogP contribution in [-0.2, 0) is 0 Å². The van der Waals surface area contributed by atoms with E-state index in [1.165, 1.54) is 0 Å². The summed E-state index contributed by atoms with van der Waals surface area (Å²) in [5.41, 5.74) is 1.06. The molecule has 0 radical (unpaired) electrons. The van der Waals surface area contributed by atoms with E-state index in [1.807, 2.05) is 30.3 Å². The van der Waals surface area contributed by atoms with Crippen LogP contribution in [0.1, 0.15) is 22.5 Å². The molecule has 0 saturated heterocycles. The second-order valence-corrected chi connectivity index (χ2v) is 6.78. The molecule has 0 amide bonds. The topological polar surface area (TPSA) is 17.1 Å². The molecule has 0 N–H and O–H groups in total. The average Bonchev–Trinajstić information content (AvgIpc) is 3.09. The molecular weight excluding hydrogens is 332 g/mol. The fraction of sp³-hybridized carbons (Fsp3) is 0.214. The van der Waals surface area contributed by atoms with Gasteiger partial charge in [-0.2, -0.15) is 0 Å². The Bertz CT molecular complexity index is 616. The van der Waals surface area contributed by atoms with E-state index in [4.69, 9.17) is 11.6 Å². The summed E-state index contributed by atoms with van der Waals surface area (Å²) in [5, 5.41) is 0.691. The lowest BCUT2D eigenvalue weighted by atomic mass is 10.2. The SMILES string of the molecule is O=C(c1ccc(-c2ccc(Br)c(Cl)c2)s1)C1CC1. The molecule has 1 heterocycles. The highest BCUT2D eigenvalue weighted by Gasteiger charge is 2.31. The van der Waals surface area contributed by atoms with Gasteiger partial charge in [0, 0.05) is 15.3 Å². The van der Waals surface area contributed by atoms with Gasteiger partial charge in [-0.1, -0.05) is 17.7 Å². The van der Waals surface area contributed by atoms with Crippen molar-refractivity contribution >= 4 is 44.7 Å². The molecule has 1 aliphatic rings. The van der Waals surface area contributed by atoms with Crippen molar-refractivity contribution in [2.45, 2.75) is 12.8 Å². The highest BCUT2D eigenvalue weighted by molar-refractivity contribution is 9.10. The largest absolute Gasteiger partial charge is 0.293 e. The zero-order chi connectivity index (χ0) is 12.7. The first-order valence-corrected chi connectivity index (χ1v) is 7.73. The predicted octanol–water partition coefficient (Wildman–Crippen LogP) is 5.42. The first-order valence-electron chi connectivity index (χ1n) is 5.74. The van der Waals surface area contributed by atoms with Crippen LogP contribution < -0.4 is 0 Å². The van der Waals surface area contributed by atoms with Crippen LogP contribution in [0.3, 0.4) is 0 Å². The molecule has 0 aliphatic heterocycles. The summed E-state index contributed by atoms with van der Waals surface area (Å²) in [7, 11) is 0. The Kier molecular flexibility index (Phi) is 3.31. The van der Waals surface area contributed by atoms with Gasteiger partial charge in [-0.3, -0.25) is 4.79 Å². The maximum atomic E-state index is 11.9. The standard InChI is InChI=1S/C14H10BrClOS/c15-10-4-3-9(7-11(10)16)12-5-6-13(18-12)14(17)8-1-2-8/h3-8H,1-2H2. The number of Topliss-reactive ketones (excluding diaryl/α,β-unsaturated/α-hetero) is 1. The van der Waals surface area contributed by atoms with Crippen molar-refractivity contribution in [3.63, 3.8) is 0 Å². The minimum atomic E-state index is 0.282. The van der Waals surface area contributed by atoms with Gasteiger partial charge in [0.1, 0.15) is 0 Å². The lowest BCUT2D eigenvalue weighted by Crippen LogP contribution is -1.96. The monoisotopic (exact) mass is 340 g/mol. The van der Waals surface area contributed by atoms with Crippen molar-refractivity contribution in [2.75, 3.05) is 0 Å². The molecule has 1 aromatic heterocycles. The molecule has 1 nitrogen and oxygen atoms in total. The maximum Gasteiger partial charge on any atom is 0.175 e. The van der Waals surface area contributed by atoms with Gasteiger partial charge in [-0.25, -0.2) is 0 Å². The number of thiophene rings is 1. The Labute approximate surface area is 123 Å². The van der Waals surface area contributed by atoms with Crippen molar-refractivity contribution < 1.29 is 4.79 Å². The van der Waals surface area contributed by atoms with Gasteiger partial charge < -0.3 is 0 Å². The van der Waals surface area contributed by atoms with Crippen molar-refractivity contribution in [1.82, 2.24) is 0 Å². The quantitative estimate of drug-likeness (QED) is 0.681. The van der Waals surface area contributed by atoms with Crippen LogP contribution in [0.5, 0.6) is 0 Å². The van der Waals surface area contributed by atoms with Crippen LogP contribution in [0.15, 0.2) is 34.8 Å². The molecule has 0 unspecified atom stereocenters. The Hall–Kier alpha value is -0.640. The highest BCUT2D eigenvalue weighted by Crippen LogP contribution is 2.37. The molecule has 4 heteroatoms. The number of rotatable bonds is 3. The number of ketones is 1. The number of hydrogen-bond acceptors (Lipinski definition) is 2. The van der Waals surface area contributed by atoms with Crippen molar-refractivity contribution in [3.05, 3.63) is 44.7 Å². The summed E-state index contributed by atoms with van der Waals surface area (Å²) in [4.78, 5) is 13.9. The van der Waals surface area contributed by atoms with Gasteiger partial charge in [0.15, 0.2) is 5.78 Å². The van der Waals surface area contributed by atoms with Crippen molar-refractivity contribution in [2.24, 2.45) is 5.92 Å². The second kappa shape index (κ2) is 4.80. The molecule has 3 rings (SSSR count). The molecule has 1 aromatic carbocycles. The van der Waals surface area contributed by atoms with E-state index < -0.39 is 0 Å². The molecule has 1 saturated carbocycles. The van der Waals surface area contributed by atoms with Gasteiger partial charge in [-0.15, -0.1) is 11.3 Å². The number of benzene rings is 1. The molecule has 1 fully saturated rings. The predicted molar refractivity (Wildman–Crippen MR) is 79.5 cm³/mol. The lowest BCUT2D eigenvalue weighted by molar-refractivity contribution is 0.0971. The van der Waals surface area contributed by atoms with E-state index in [-0.39, 0.29) is 5.92 Å². The zero-order valence-corrected chi connectivity index (χ0v) is 12.6. The van der Waals surface area contributed by atoms with Gasteiger partial charge in [-0.05, 0) is 58.6 Å². The molecule has 0 spiro atoms. The molecule has 0 atom stereocenters. The minimum absolute atomic E-state index is 0.282. The Morgan fingerprint density at radius 1 is 1.28 bits per heavy atom. The highest BCUT2D eigenvalue weighted by atomic mass is 79.9. The summed E-state index contributed by atoms with van der Waals surface area (Å²) in [6.45, 7) is 0. The summed E-state index contributed by atoms with van der Waals surface area (Å²) in [6, 6.07) is 9.78. The van der Waals surface area contributed by atoms with Crippen LogP contribution in [0.25, 0.3) is 10.4 Å². The van der Waals surface area contributed by atoms with E-state index in [0.717, 1.165) is 32.6 Å². The van der Waals surface area contributed by atoms with Crippen LogP contribution in [-0.4, -0.2) is 5.78 Å². The Balaban J connectivity index is 1.92. The van der Waals surface area contributed by atoms with E-state index in [2.05, 4.69) is 15.9 Å². The fourth-order valence-corrected chi connectivity index (χ4v) is 3.27. The fourth-order valence-electron chi connectivity index (χ4n) is 1.82. The van der Waals surface area contributed by atoms with Crippen molar-refractivity contribution in [1.29, 1.82) is 0 Å². The number of carbonyl (C=O) groups is 1. The third-order valence-electron chi connectivity index (χ3n) is 3.00. The van der Waals surface area contributed by atoms with Gasteiger partial charge in [0.2, 0.25) is 0 Å². The third kappa shape index (κ3) is 2.40. The summed E-state index contributed by atoms with van der Waals surface area (Å²) in [5.74, 6) is 0.583. The van der Waals surface area contributed by atoms with Crippen molar-refractivity contribution in [3.8, 4) is 10.4 Å². The summed E-state index contributed by atoms with van der Waals surface area (Å²) in [6.07, 6.45) is 2.10. The van der Waals surface area contributed by atoms with E-state index in [1.54, 1.807) is 11.3 Å². The number of halogens is 2. The third-order valence-corrected chi connectivity index (χ3v) is 5.38. The zero-order valence-electron chi connectivity index (χ0n) is 9.45.